The molecule has 0 bridgehead atoms. The van der Waals surface area contributed by atoms with E-state index in [1.54, 1.807) is 18.2 Å². The number of rotatable bonds is 5. The summed E-state index contributed by atoms with van der Waals surface area (Å²) in [6.45, 7) is 2.97. The van der Waals surface area contributed by atoms with Gasteiger partial charge in [-0.1, -0.05) is 17.7 Å². The Labute approximate surface area is 139 Å². The van der Waals surface area contributed by atoms with Crippen molar-refractivity contribution in [1.82, 2.24) is 0 Å². The van der Waals surface area contributed by atoms with Crippen LogP contribution >= 0.6 is 0 Å². The number of hydrogen-bond donors (Lipinski definition) is 2. The molecule has 2 aromatic carbocycles. The minimum absolute atomic E-state index is 0.123. The molecule has 5 nitrogen and oxygen atoms in total. The van der Waals surface area contributed by atoms with Gasteiger partial charge in [0, 0.05) is 5.69 Å². The number of nitrogens with zero attached hydrogens (tertiary/aromatic N) is 1. The van der Waals surface area contributed by atoms with E-state index in [0.717, 1.165) is 11.6 Å². The summed E-state index contributed by atoms with van der Waals surface area (Å²) in [6, 6.07) is 12.5. The second-order valence-electron chi connectivity index (χ2n) is 5.64. The smallest absolute Gasteiger partial charge is 0.259 e. The Bertz CT molecular complexity index is 780. The molecule has 0 aliphatic rings. The average molecular weight is 328 g/mol. The topological polar surface area (TPSA) is 82.3 Å². The molecule has 0 spiro atoms. The number of benzene rings is 2. The van der Waals surface area contributed by atoms with E-state index >= 15 is 0 Å². The number of aliphatic hydroxyl groups is 1. The fourth-order valence-electron chi connectivity index (χ4n) is 1.87. The third kappa shape index (κ3) is 4.31. The summed E-state index contributed by atoms with van der Waals surface area (Å²) >= 11 is 0. The molecule has 0 unspecified atom stereocenters. The summed E-state index contributed by atoms with van der Waals surface area (Å²) in [6.07, 6.45) is 0. The van der Waals surface area contributed by atoms with Gasteiger partial charge >= 0.3 is 0 Å². The van der Waals surface area contributed by atoms with E-state index in [-0.39, 0.29) is 17.9 Å². The van der Waals surface area contributed by atoms with Crippen LogP contribution in [0.2, 0.25) is 0 Å². The second kappa shape index (κ2) is 7.11. The van der Waals surface area contributed by atoms with Gasteiger partial charge in [-0.2, -0.15) is 5.26 Å². The first-order valence-electron chi connectivity index (χ1n) is 7.25. The number of halogens is 1. The number of aryl methyl sites for hydroxylation is 1. The van der Waals surface area contributed by atoms with Crippen LogP contribution in [0.4, 0.5) is 10.1 Å². The van der Waals surface area contributed by atoms with Crippen LogP contribution in [0.25, 0.3) is 0 Å². The Kier molecular flexibility index (Phi) is 5.17. The van der Waals surface area contributed by atoms with E-state index < -0.39 is 17.3 Å². The quantitative estimate of drug-likeness (QED) is 0.884. The van der Waals surface area contributed by atoms with Gasteiger partial charge in [0.25, 0.3) is 5.91 Å². The molecule has 6 heteroatoms. The molecule has 1 atom stereocenters. The molecule has 0 aromatic heterocycles. The highest BCUT2D eigenvalue weighted by atomic mass is 19.1. The first kappa shape index (κ1) is 17.4. The predicted octanol–water partition coefficient (Wildman–Crippen LogP) is 2.77. The molecule has 2 aromatic rings. The first-order valence-corrected chi connectivity index (χ1v) is 7.25. The molecule has 24 heavy (non-hydrogen) atoms. The summed E-state index contributed by atoms with van der Waals surface area (Å²) < 4.78 is 19.0. The van der Waals surface area contributed by atoms with Crippen molar-refractivity contribution in [2.24, 2.45) is 0 Å². The number of amides is 1. The van der Waals surface area contributed by atoms with Crippen molar-refractivity contribution in [2.45, 2.75) is 19.4 Å². The molecule has 124 valence electrons. The maximum Gasteiger partial charge on any atom is 0.259 e. The van der Waals surface area contributed by atoms with Crippen molar-refractivity contribution in [3.05, 3.63) is 59.4 Å². The van der Waals surface area contributed by atoms with Gasteiger partial charge in [-0.3, -0.25) is 4.79 Å². The number of carbonyl (C=O) groups excluding carboxylic acids is 1. The molecule has 2 rings (SSSR count). The molecule has 0 saturated heterocycles. The average Bonchev–Trinajstić information content (AvgIpc) is 2.54. The Morgan fingerprint density at radius 1 is 1.33 bits per heavy atom. The zero-order valence-corrected chi connectivity index (χ0v) is 13.3. The minimum Gasteiger partial charge on any atom is -0.490 e. The van der Waals surface area contributed by atoms with E-state index in [4.69, 9.17) is 10.00 Å². The molecule has 0 fully saturated rings. The zero-order chi connectivity index (χ0) is 17.7. The third-order valence-corrected chi connectivity index (χ3v) is 3.38. The standard InChI is InChI=1S/C18H17FN2O3/c1-12-3-7-15(8-4-12)24-11-18(2,23)17(22)21-14-6-5-13(10-20)16(19)9-14/h3-9,23H,11H2,1-2H3,(H,21,22)/t18-/m0/s1. The summed E-state index contributed by atoms with van der Waals surface area (Å²) in [5, 5.41) is 21.3. The number of ether oxygens (including phenoxy) is 1. The van der Waals surface area contributed by atoms with Crippen LogP contribution in [0.3, 0.4) is 0 Å². The maximum atomic E-state index is 13.5. The highest BCUT2D eigenvalue weighted by Gasteiger charge is 2.31. The van der Waals surface area contributed by atoms with Crippen molar-refractivity contribution in [1.29, 1.82) is 5.26 Å². The van der Waals surface area contributed by atoms with Gasteiger partial charge in [-0.15, -0.1) is 0 Å². The number of nitriles is 1. The molecule has 1 amide bonds. The Hall–Kier alpha value is -2.91. The minimum atomic E-state index is -1.81. The summed E-state index contributed by atoms with van der Waals surface area (Å²) in [5.41, 5.74) is -0.723. The lowest BCUT2D eigenvalue weighted by molar-refractivity contribution is -0.135. The summed E-state index contributed by atoms with van der Waals surface area (Å²) in [5.74, 6) is -0.956. The van der Waals surface area contributed by atoms with Crippen LogP contribution < -0.4 is 10.1 Å². The number of carbonyl (C=O) groups is 1. The third-order valence-electron chi connectivity index (χ3n) is 3.38. The highest BCUT2D eigenvalue weighted by Crippen LogP contribution is 2.18. The summed E-state index contributed by atoms with van der Waals surface area (Å²) in [4.78, 5) is 12.1. The van der Waals surface area contributed by atoms with Crippen LogP contribution in [0.15, 0.2) is 42.5 Å². The SMILES string of the molecule is Cc1ccc(OC[C@](C)(O)C(=O)Nc2ccc(C#N)c(F)c2)cc1. The molecule has 0 saturated carbocycles. The van der Waals surface area contributed by atoms with Gasteiger partial charge in [0.15, 0.2) is 5.60 Å². The molecule has 0 aliphatic heterocycles. The van der Waals surface area contributed by atoms with Crippen molar-refractivity contribution >= 4 is 11.6 Å². The lowest BCUT2D eigenvalue weighted by atomic mass is 10.1. The predicted molar refractivity (Wildman–Crippen MR) is 87.0 cm³/mol. The Morgan fingerprint density at radius 3 is 2.58 bits per heavy atom. The molecule has 0 radical (unpaired) electrons. The molecule has 0 aliphatic carbocycles. The van der Waals surface area contributed by atoms with Gasteiger partial charge in [0.05, 0.1) is 5.56 Å². The van der Waals surface area contributed by atoms with Crippen LogP contribution in [-0.4, -0.2) is 23.2 Å². The van der Waals surface area contributed by atoms with Gasteiger partial charge in [-0.25, -0.2) is 4.39 Å². The Balaban J connectivity index is 2.00. The van der Waals surface area contributed by atoms with Crippen LogP contribution in [0, 0.1) is 24.1 Å². The molecule has 2 N–H and O–H groups in total. The van der Waals surface area contributed by atoms with Gasteiger partial charge in [0.2, 0.25) is 0 Å². The zero-order valence-electron chi connectivity index (χ0n) is 13.3. The number of hydrogen-bond acceptors (Lipinski definition) is 4. The van der Waals surface area contributed by atoms with Crippen molar-refractivity contribution in [2.75, 3.05) is 11.9 Å². The number of nitrogens with one attached hydrogen (secondary N) is 1. The van der Waals surface area contributed by atoms with Gasteiger partial charge < -0.3 is 15.2 Å². The van der Waals surface area contributed by atoms with E-state index in [9.17, 15) is 14.3 Å². The summed E-state index contributed by atoms with van der Waals surface area (Å²) in [7, 11) is 0. The van der Waals surface area contributed by atoms with E-state index in [1.165, 1.54) is 19.1 Å². The van der Waals surface area contributed by atoms with E-state index in [0.29, 0.717) is 5.75 Å². The Morgan fingerprint density at radius 2 is 2.00 bits per heavy atom. The van der Waals surface area contributed by atoms with E-state index in [2.05, 4.69) is 5.32 Å². The number of anilines is 1. The van der Waals surface area contributed by atoms with Crippen molar-refractivity contribution in [3.8, 4) is 11.8 Å². The van der Waals surface area contributed by atoms with E-state index in [1.807, 2.05) is 19.1 Å². The van der Waals surface area contributed by atoms with Crippen LogP contribution in [-0.2, 0) is 4.79 Å². The van der Waals surface area contributed by atoms with Gasteiger partial charge in [-0.05, 0) is 44.2 Å². The van der Waals surface area contributed by atoms with Crippen molar-refractivity contribution < 1.29 is 19.0 Å². The lowest BCUT2D eigenvalue weighted by Gasteiger charge is -2.22. The molecular formula is C18H17FN2O3. The second-order valence-corrected chi connectivity index (χ2v) is 5.64. The van der Waals surface area contributed by atoms with Crippen molar-refractivity contribution in [3.63, 3.8) is 0 Å². The molecule has 0 heterocycles. The maximum absolute atomic E-state index is 13.5. The fraction of sp³-hybridized carbons (Fsp3) is 0.222. The largest absolute Gasteiger partial charge is 0.490 e. The fourth-order valence-corrected chi connectivity index (χ4v) is 1.87. The molecular weight excluding hydrogens is 311 g/mol. The normalized spacial score (nSPS) is 12.8. The first-order chi connectivity index (χ1) is 11.3. The van der Waals surface area contributed by atoms with Crippen LogP contribution in [0.5, 0.6) is 5.75 Å². The lowest BCUT2D eigenvalue weighted by Crippen LogP contribution is -2.45. The highest BCUT2D eigenvalue weighted by molar-refractivity contribution is 5.97. The van der Waals surface area contributed by atoms with Gasteiger partial charge in [0.1, 0.15) is 24.2 Å². The van der Waals surface area contributed by atoms with Crippen LogP contribution in [0.1, 0.15) is 18.1 Å². The monoisotopic (exact) mass is 328 g/mol.